The highest BCUT2D eigenvalue weighted by atomic mass is 32.1. The fraction of sp³-hybridized carbons (Fsp3) is 0.550. The van der Waals surface area contributed by atoms with Gasteiger partial charge in [-0.1, -0.05) is 18.2 Å². The maximum atomic E-state index is 13.6. The lowest BCUT2D eigenvalue weighted by molar-refractivity contribution is -0.126. The zero-order valence-electron chi connectivity index (χ0n) is 15.9. The van der Waals surface area contributed by atoms with Crippen molar-refractivity contribution in [3.05, 3.63) is 46.7 Å². The highest BCUT2D eigenvalue weighted by molar-refractivity contribution is 7.71. The van der Waals surface area contributed by atoms with Crippen LogP contribution in [0.3, 0.4) is 0 Å². The first kappa shape index (κ1) is 19.3. The van der Waals surface area contributed by atoms with Crippen LogP contribution in [0, 0.1) is 16.5 Å². The highest BCUT2D eigenvalue weighted by Gasteiger charge is 2.27. The molecular formula is C20H26FN5OS. The van der Waals surface area contributed by atoms with Gasteiger partial charge in [0.15, 0.2) is 4.77 Å². The number of carbonyl (C=O) groups is 1. The second-order valence-electron chi connectivity index (χ2n) is 7.72. The largest absolute Gasteiger partial charge is 0.356 e. The van der Waals surface area contributed by atoms with Crippen LogP contribution >= 0.6 is 12.2 Å². The molecule has 2 aromatic rings. The first-order valence-electron chi connectivity index (χ1n) is 9.99. The summed E-state index contributed by atoms with van der Waals surface area (Å²) >= 11 is 5.52. The van der Waals surface area contributed by atoms with Gasteiger partial charge in [0.05, 0.1) is 6.67 Å². The number of hydrogen-bond donors (Lipinski definition) is 1. The molecule has 8 heteroatoms. The minimum Gasteiger partial charge on any atom is -0.356 e. The van der Waals surface area contributed by atoms with E-state index in [2.05, 4.69) is 19.9 Å². The number of amides is 1. The van der Waals surface area contributed by atoms with Crippen molar-refractivity contribution in [1.82, 2.24) is 24.6 Å². The van der Waals surface area contributed by atoms with Crippen LogP contribution in [0.1, 0.15) is 37.3 Å². The molecule has 6 nitrogen and oxygen atoms in total. The number of carbonyl (C=O) groups excluding carboxylic acids is 1. The van der Waals surface area contributed by atoms with Gasteiger partial charge in [0.2, 0.25) is 5.91 Å². The Balaban J connectivity index is 1.21. The first-order valence-corrected chi connectivity index (χ1v) is 10.4. The average Bonchev–Trinajstić information content (AvgIpc) is 3.48. The molecule has 1 aromatic heterocycles. The van der Waals surface area contributed by atoms with Gasteiger partial charge in [-0.05, 0) is 56.0 Å². The number of aromatic nitrogens is 3. The van der Waals surface area contributed by atoms with Crippen LogP contribution in [-0.4, -0.2) is 44.8 Å². The summed E-state index contributed by atoms with van der Waals surface area (Å²) in [6.45, 7) is 2.85. The second kappa shape index (κ2) is 8.53. The number of rotatable bonds is 7. The summed E-state index contributed by atoms with van der Waals surface area (Å²) < 4.78 is 18.4. The van der Waals surface area contributed by atoms with Crippen molar-refractivity contribution in [2.75, 3.05) is 19.6 Å². The molecular weight excluding hydrogens is 377 g/mol. The number of nitrogens with one attached hydrogen (secondary N) is 1. The number of benzene rings is 1. The Bertz CT molecular complexity index is 883. The summed E-state index contributed by atoms with van der Waals surface area (Å²) in [6, 6.07) is 7.24. The Hall–Kier alpha value is -2.06. The van der Waals surface area contributed by atoms with E-state index < -0.39 is 0 Å². The van der Waals surface area contributed by atoms with Crippen molar-refractivity contribution in [1.29, 1.82) is 0 Å². The van der Waals surface area contributed by atoms with E-state index in [1.807, 2.05) is 17.1 Å². The van der Waals surface area contributed by atoms with Crippen molar-refractivity contribution in [3.8, 4) is 0 Å². The third-order valence-corrected chi connectivity index (χ3v) is 6.06. The molecule has 2 heterocycles. The number of nitrogens with zero attached hydrogens (tertiary/aromatic N) is 4. The Kier molecular flexibility index (Phi) is 5.87. The van der Waals surface area contributed by atoms with Gasteiger partial charge < -0.3 is 9.88 Å². The van der Waals surface area contributed by atoms with Crippen LogP contribution in [0.25, 0.3) is 0 Å². The van der Waals surface area contributed by atoms with E-state index in [0.717, 1.165) is 30.7 Å². The number of hydrogen-bond acceptors (Lipinski definition) is 4. The number of likely N-dealkylation sites (tertiary alicyclic amines) is 1. The van der Waals surface area contributed by atoms with Gasteiger partial charge in [-0.15, -0.1) is 0 Å². The van der Waals surface area contributed by atoms with Gasteiger partial charge in [0.25, 0.3) is 0 Å². The molecule has 1 aliphatic heterocycles. The van der Waals surface area contributed by atoms with Crippen molar-refractivity contribution >= 4 is 18.1 Å². The fourth-order valence-corrected chi connectivity index (χ4v) is 4.04. The predicted molar refractivity (Wildman–Crippen MR) is 107 cm³/mol. The third-order valence-electron chi connectivity index (χ3n) is 5.64. The van der Waals surface area contributed by atoms with E-state index in [1.54, 1.807) is 12.1 Å². The van der Waals surface area contributed by atoms with Crippen molar-refractivity contribution in [2.45, 2.75) is 44.8 Å². The third kappa shape index (κ3) is 4.50. The van der Waals surface area contributed by atoms with Crippen molar-refractivity contribution in [3.63, 3.8) is 0 Å². The molecule has 0 radical (unpaired) electrons. The molecule has 1 amide bonds. The summed E-state index contributed by atoms with van der Waals surface area (Å²) in [5.74, 6) is -0.118. The Labute approximate surface area is 169 Å². The van der Waals surface area contributed by atoms with Gasteiger partial charge in [-0.3, -0.25) is 9.69 Å². The molecule has 0 atom stereocenters. The summed E-state index contributed by atoms with van der Waals surface area (Å²) in [7, 11) is 0. The summed E-state index contributed by atoms with van der Waals surface area (Å²) in [5, 5.41) is 7.39. The molecule has 4 rings (SSSR count). The molecule has 1 saturated carbocycles. The van der Waals surface area contributed by atoms with Crippen LogP contribution in [0.15, 0.2) is 30.6 Å². The summed E-state index contributed by atoms with van der Waals surface area (Å²) in [6.07, 6.45) is 6.38. The first-order chi connectivity index (χ1) is 13.6. The highest BCUT2D eigenvalue weighted by Crippen LogP contribution is 2.34. The van der Waals surface area contributed by atoms with E-state index in [-0.39, 0.29) is 17.6 Å². The lowest BCUT2D eigenvalue weighted by atomic mass is 9.96. The zero-order valence-corrected chi connectivity index (χ0v) is 16.7. The SMILES string of the molecule is O=C(NCCc1ccccc1F)C1CCN(Cn2ncn(C3CC3)c2=S)CC1. The minimum atomic E-state index is -0.215. The zero-order chi connectivity index (χ0) is 19.5. The summed E-state index contributed by atoms with van der Waals surface area (Å²) in [5.41, 5.74) is 0.639. The Morgan fingerprint density at radius 3 is 2.68 bits per heavy atom. The molecule has 1 saturated heterocycles. The van der Waals surface area contributed by atoms with Crippen LogP contribution in [-0.2, 0) is 17.9 Å². The molecule has 0 bridgehead atoms. The Morgan fingerprint density at radius 1 is 1.21 bits per heavy atom. The smallest absolute Gasteiger partial charge is 0.223 e. The molecule has 0 unspecified atom stereocenters. The standard InChI is InChI=1S/C20H26FN5OS/c21-18-4-2-1-3-15(18)7-10-22-19(27)16-8-11-24(12-9-16)14-26-20(28)25(13-23-26)17-5-6-17/h1-4,13,16-17H,5-12,14H2,(H,22,27). The van der Waals surface area contributed by atoms with Crippen LogP contribution in [0.4, 0.5) is 4.39 Å². The van der Waals surface area contributed by atoms with E-state index in [1.165, 1.54) is 18.9 Å². The van der Waals surface area contributed by atoms with E-state index in [4.69, 9.17) is 12.2 Å². The molecule has 2 aliphatic rings. The summed E-state index contributed by atoms with van der Waals surface area (Å²) in [4.78, 5) is 14.7. The Morgan fingerprint density at radius 2 is 1.96 bits per heavy atom. The normalized spacial score (nSPS) is 18.3. The van der Waals surface area contributed by atoms with Gasteiger partial charge in [-0.25, -0.2) is 9.07 Å². The van der Waals surface area contributed by atoms with Gasteiger partial charge in [0.1, 0.15) is 12.1 Å². The fourth-order valence-electron chi connectivity index (χ4n) is 3.74. The van der Waals surface area contributed by atoms with Gasteiger partial charge in [0, 0.05) is 31.6 Å². The predicted octanol–water partition coefficient (Wildman–Crippen LogP) is 2.92. The van der Waals surface area contributed by atoms with Crippen molar-refractivity contribution in [2.24, 2.45) is 5.92 Å². The van der Waals surface area contributed by atoms with Crippen LogP contribution < -0.4 is 5.32 Å². The van der Waals surface area contributed by atoms with E-state index in [9.17, 15) is 9.18 Å². The quantitative estimate of drug-likeness (QED) is 0.723. The molecule has 0 spiro atoms. The number of piperidine rings is 1. The lowest BCUT2D eigenvalue weighted by Crippen LogP contribution is -2.41. The monoisotopic (exact) mass is 403 g/mol. The van der Waals surface area contributed by atoms with Crippen LogP contribution in [0.2, 0.25) is 0 Å². The van der Waals surface area contributed by atoms with Gasteiger partial charge >= 0.3 is 0 Å². The van der Waals surface area contributed by atoms with Crippen LogP contribution in [0.5, 0.6) is 0 Å². The number of halogens is 1. The average molecular weight is 404 g/mol. The molecule has 1 aliphatic carbocycles. The molecule has 2 fully saturated rings. The molecule has 1 N–H and O–H groups in total. The maximum Gasteiger partial charge on any atom is 0.223 e. The molecule has 150 valence electrons. The topological polar surface area (TPSA) is 55.1 Å². The second-order valence-corrected chi connectivity index (χ2v) is 8.08. The van der Waals surface area contributed by atoms with E-state index in [0.29, 0.717) is 31.2 Å². The van der Waals surface area contributed by atoms with Crippen molar-refractivity contribution < 1.29 is 9.18 Å². The minimum absolute atomic E-state index is 0.0221. The van der Waals surface area contributed by atoms with E-state index >= 15 is 0 Å². The van der Waals surface area contributed by atoms with Gasteiger partial charge in [-0.2, -0.15) is 5.10 Å². The molecule has 28 heavy (non-hydrogen) atoms. The molecule has 1 aromatic carbocycles. The maximum absolute atomic E-state index is 13.6. The lowest BCUT2D eigenvalue weighted by Gasteiger charge is -2.30.